The van der Waals surface area contributed by atoms with Crippen molar-refractivity contribution in [3.63, 3.8) is 0 Å². The molecule has 0 unspecified atom stereocenters. The van der Waals surface area contributed by atoms with Gasteiger partial charge in [-0.15, -0.1) is 0 Å². The summed E-state index contributed by atoms with van der Waals surface area (Å²) in [7, 11) is 4.50. The minimum atomic E-state index is 0.584. The Morgan fingerprint density at radius 3 is 1.64 bits per heavy atom. The van der Waals surface area contributed by atoms with Crippen molar-refractivity contribution in [3.8, 4) is 0 Å². The number of hydrogen-bond acceptors (Lipinski definition) is 4. The van der Waals surface area contributed by atoms with Crippen molar-refractivity contribution in [2.45, 2.75) is 90.3 Å². The summed E-state index contributed by atoms with van der Waals surface area (Å²) in [6.45, 7) is 18.6. The summed E-state index contributed by atoms with van der Waals surface area (Å²) in [6, 6.07) is 1.48. The third-order valence-electron chi connectivity index (χ3n) is 8.44. The summed E-state index contributed by atoms with van der Waals surface area (Å²) < 4.78 is 0. The highest BCUT2D eigenvalue weighted by atomic mass is 15.3. The maximum absolute atomic E-state index is 2.76. The Balaban J connectivity index is 0.000000161. The summed E-state index contributed by atoms with van der Waals surface area (Å²) in [5.41, 5.74) is 1.28. The van der Waals surface area contributed by atoms with Gasteiger partial charge in [0.15, 0.2) is 0 Å². The minimum absolute atomic E-state index is 0.584. The van der Waals surface area contributed by atoms with Crippen LogP contribution in [0.25, 0.3) is 0 Å². The average molecular weight is 393 g/mol. The number of nitrogens with zero attached hydrogens (tertiary/aromatic N) is 4. The average Bonchev–Trinajstić information content (AvgIpc) is 3.27. The Kier molecular flexibility index (Phi) is 7.50. The summed E-state index contributed by atoms with van der Waals surface area (Å²) in [5.74, 6) is 0. The van der Waals surface area contributed by atoms with E-state index in [1.807, 2.05) is 0 Å². The largest absolute Gasteiger partial charge is 0.306 e. The van der Waals surface area contributed by atoms with Gasteiger partial charge in [0.25, 0.3) is 0 Å². The highest BCUT2D eigenvalue weighted by molar-refractivity contribution is 5.00. The summed E-state index contributed by atoms with van der Waals surface area (Å²) in [6.07, 6.45) is 9.93. The Morgan fingerprint density at radius 1 is 0.607 bits per heavy atom. The van der Waals surface area contributed by atoms with Crippen molar-refractivity contribution < 1.29 is 0 Å². The van der Waals surface area contributed by atoms with Crippen LogP contribution in [0.4, 0.5) is 0 Å². The summed E-state index contributed by atoms with van der Waals surface area (Å²) in [5, 5.41) is 0. The minimum Gasteiger partial charge on any atom is -0.306 e. The molecule has 2 spiro atoms. The van der Waals surface area contributed by atoms with Crippen molar-refractivity contribution >= 4 is 0 Å². The molecule has 4 aliphatic heterocycles. The first-order valence-electron chi connectivity index (χ1n) is 12.1. The monoisotopic (exact) mass is 392 g/mol. The van der Waals surface area contributed by atoms with Gasteiger partial charge in [-0.1, -0.05) is 0 Å². The molecule has 0 aromatic rings. The van der Waals surface area contributed by atoms with E-state index >= 15 is 0 Å². The molecule has 0 radical (unpaired) electrons. The lowest BCUT2D eigenvalue weighted by atomic mass is 9.78. The molecule has 4 nitrogen and oxygen atoms in total. The fourth-order valence-electron chi connectivity index (χ4n) is 6.25. The molecule has 0 amide bonds. The highest BCUT2D eigenvalue weighted by Gasteiger charge is 2.43. The molecule has 0 saturated carbocycles. The van der Waals surface area contributed by atoms with Crippen LogP contribution in [0, 0.1) is 5.41 Å². The molecule has 0 aromatic carbocycles. The quantitative estimate of drug-likeness (QED) is 0.709. The van der Waals surface area contributed by atoms with Crippen LogP contribution >= 0.6 is 0 Å². The number of hydrogen-bond donors (Lipinski definition) is 0. The fraction of sp³-hybridized carbons (Fsp3) is 1.00. The number of piperidine rings is 2. The van der Waals surface area contributed by atoms with E-state index in [2.05, 4.69) is 61.4 Å². The van der Waals surface area contributed by atoms with Crippen LogP contribution in [-0.4, -0.2) is 97.1 Å². The molecular weight excluding hydrogens is 344 g/mol. The van der Waals surface area contributed by atoms with Crippen molar-refractivity contribution in [2.75, 3.05) is 59.9 Å². The maximum Gasteiger partial charge on any atom is 0.0237 e. The molecule has 164 valence electrons. The van der Waals surface area contributed by atoms with Gasteiger partial charge < -0.3 is 14.7 Å². The van der Waals surface area contributed by atoms with E-state index in [1.54, 1.807) is 0 Å². The normalized spacial score (nSPS) is 29.1. The molecule has 0 bridgehead atoms. The topological polar surface area (TPSA) is 13.0 Å². The second kappa shape index (κ2) is 9.32. The molecule has 4 fully saturated rings. The van der Waals surface area contributed by atoms with E-state index in [9.17, 15) is 0 Å². The van der Waals surface area contributed by atoms with Crippen LogP contribution in [-0.2, 0) is 0 Å². The molecule has 4 heteroatoms. The maximum atomic E-state index is 2.76. The molecule has 4 rings (SSSR count). The smallest absolute Gasteiger partial charge is 0.0237 e. The summed E-state index contributed by atoms with van der Waals surface area (Å²) in [4.78, 5) is 10.4. The van der Waals surface area contributed by atoms with E-state index < -0.39 is 0 Å². The van der Waals surface area contributed by atoms with Crippen molar-refractivity contribution in [1.82, 2.24) is 19.6 Å². The predicted molar refractivity (Wildman–Crippen MR) is 121 cm³/mol. The Bertz CT molecular complexity index is 473. The van der Waals surface area contributed by atoms with Gasteiger partial charge in [0, 0.05) is 24.2 Å². The van der Waals surface area contributed by atoms with Gasteiger partial charge in [0.2, 0.25) is 0 Å². The van der Waals surface area contributed by atoms with Gasteiger partial charge in [-0.2, -0.15) is 0 Å². The lowest BCUT2D eigenvalue weighted by molar-refractivity contribution is 0.0407. The van der Waals surface area contributed by atoms with E-state index in [-0.39, 0.29) is 0 Å². The Labute approximate surface area is 175 Å². The first-order valence-corrected chi connectivity index (χ1v) is 12.1. The zero-order valence-corrected chi connectivity index (χ0v) is 19.8. The Morgan fingerprint density at radius 2 is 1.14 bits per heavy atom. The number of likely N-dealkylation sites (tertiary alicyclic amines) is 4. The first-order chi connectivity index (χ1) is 13.3. The van der Waals surface area contributed by atoms with Gasteiger partial charge >= 0.3 is 0 Å². The molecule has 4 heterocycles. The molecule has 0 aromatic heterocycles. The van der Waals surface area contributed by atoms with Crippen LogP contribution in [0.2, 0.25) is 0 Å². The zero-order chi connectivity index (χ0) is 20.4. The van der Waals surface area contributed by atoms with Crippen LogP contribution < -0.4 is 0 Å². The third kappa shape index (κ3) is 5.11. The third-order valence-corrected chi connectivity index (χ3v) is 8.44. The second-order valence-electron chi connectivity index (χ2n) is 11.0. The van der Waals surface area contributed by atoms with Gasteiger partial charge in [0.1, 0.15) is 0 Å². The molecular formula is C24H48N4. The van der Waals surface area contributed by atoms with Crippen LogP contribution in [0.1, 0.15) is 72.6 Å². The molecule has 4 aliphatic rings. The second-order valence-corrected chi connectivity index (χ2v) is 11.0. The van der Waals surface area contributed by atoms with Crippen molar-refractivity contribution in [1.29, 1.82) is 0 Å². The van der Waals surface area contributed by atoms with Crippen LogP contribution in [0.3, 0.4) is 0 Å². The fourth-order valence-corrected chi connectivity index (χ4v) is 6.25. The Hall–Kier alpha value is -0.160. The lowest BCUT2D eigenvalue weighted by Gasteiger charge is -2.46. The van der Waals surface area contributed by atoms with E-state index in [0.29, 0.717) is 11.0 Å². The van der Waals surface area contributed by atoms with Gasteiger partial charge in [-0.3, -0.25) is 4.90 Å². The van der Waals surface area contributed by atoms with Crippen LogP contribution in [0.5, 0.6) is 0 Å². The summed E-state index contributed by atoms with van der Waals surface area (Å²) >= 11 is 0. The molecule has 0 aliphatic carbocycles. The first kappa shape index (κ1) is 22.5. The van der Waals surface area contributed by atoms with Crippen LogP contribution in [0.15, 0.2) is 0 Å². The van der Waals surface area contributed by atoms with Gasteiger partial charge in [0.05, 0.1) is 0 Å². The highest BCUT2D eigenvalue weighted by Crippen LogP contribution is 2.41. The van der Waals surface area contributed by atoms with Gasteiger partial charge in [-0.05, 0) is 131 Å². The SMILES string of the molecule is CC(C)N1CCC2(CCN(C)CC2)C1.CC(C)N1CCCC12CCN(C)CC2. The standard InChI is InChI=1S/2C12H24N2/c1-11(2)14-9-6-12(10-14)4-7-13(3)8-5-12;1-11(2)14-8-4-5-12(14)6-9-13(3)10-7-12/h2*11H,4-10H2,1-3H3. The lowest BCUT2D eigenvalue weighted by Crippen LogP contribution is -2.53. The van der Waals surface area contributed by atoms with E-state index in [4.69, 9.17) is 0 Å². The molecule has 0 N–H and O–H groups in total. The molecule has 28 heavy (non-hydrogen) atoms. The molecule has 4 saturated heterocycles. The zero-order valence-electron chi connectivity index (χ0n) is 19.8. The predicted octanol–water partition coefficient (Wildman–Crippen LogP) is 3.77. The van der Waals surface area contributed by atoms with Gasteiger partial charge in [-0.25, -0.2) is 0 Å². The number of rotatable bonds is 2. The van der Waals surface area contributed by atoms with Crippen molar-refractivity contribution in [3.05, 3.63) is 0 Å². The molecule has 0 atom stereocenters. The van der Waals surface area contributed by atoms with E-state index in [0.717, 1.165) is 12.1 Å². The van der Waals surface area contributed by atoms with Crippen molar-refractivity contribution in [2.24, 2.45) is 5.41 Å². The van der Waals surface area contributed by atoms with E-state index in [1.165, 1.54) is 90.8 Å².